The summed E-state index contributed by atoms with van der Waals surface area (Å²) >= 11 is 3.22. The highest BCUT2D eigenvalue weighted by Gasteiger charge is 2.09. The standard InChI is InChI=1S/C7H4BrN3O2/c8-4-1-9-3-11-2-5(7(12)13)10-6(4)11/h1-3H,(H,12,13). The number of halogens is 1. The van der Waals surface area contributed by atoms with Crippen LogP contribution in [0.2, 0.25) is 0 Å². The van der Waals surface area contributed by atoms with Crippen molar-refractivity contribution in [2.45, 2.75) is 0 Å². The minimum absolute atomic E-state index is 0.00806. The molecular formula is C7H4BrN3O2. The van der Waals surface area contributed by atoms with Gasteiger partial charge in [0.2, 0.25) is 0 Å². The van der Waals surface area contributed by atoms with Crippen molar-refractivity contribution in [1.29, 1.82) is 0 Å². The van der Waals surface area contributed by atoms with Crippen LogP contribution in [0.5, 0.6) is 0 Å². The molecule has 0 aliphatic heterocycles. The predicted molar refractivity (Wildman–Crippen MR) is 47.6 cm³/mol. The lowest BCUT2D eigenvalue weighted by Gasteiger charge is -1.91. The van der Waals surface area contributed by atoms with Gasteiger partial charge in [-0.25, -0.2) is 14.8 Å². The van der Waals surface area contributed by atoms with Crippen LogP contribution in [0.25, 0.3) is 5.65 Å². The van der Waals surface area contributed by atoms with E-state index in [1.54, 1.807) is 10.6 Å². The second-order valence-electron chi connectivity index (χ2n) is 2.40. The van der Waals surface area contributed by atoms with Gasteiger partial charge in [0.05, 0.1) is 4.47 Å². The minimum atomic E-state index is -1.05. The Kier molecular flexibility index (Phi) is 1.77. The summed E-state index contributed by atoms with van der Waals surface area (Å²) in [5, 5.41) is 8.67. The summed E-state index contributed by atoms with van der Waals surface area (Å²) in [7, 11) is 0. The molecule has 2 heterocycles. The van der Waals surface area contributed by atoms with E-state index in [2.05, 4.69) is 25.9 Å². The summed E-state index contributed by atoms with van der Waals surface area (Å²) in [4.78, 5) is 18.3. The van der Waals surface area contributed by atoms with Gasteiger partial charge in [-0.15, -0.1) is 0 Å². The zero-order chi connectivity index (χ0) is 9.42. The molecule has 0 fully saturated rings. The van der Waals surface area contributed by atoms with Gasteiger partial charge in [-0.05, 0) is 15.9 Å². The zero-order valence-electron chi connectivity index (χ0n) is 6.31. The van der Waals surface area contributed by atoms with Crippen molar-refractivity contribution in [2.75, 3.05) is 0 Å². The SMILES string of the molecule is O=C(O)c1cn2cncc(Br)c2n1. The zero-order valence-corrected chi connectivity index (χ0v) is 7.89. The molecule has 66 valence electrons. The first-order valence-corrected chi connectivity index (χ1v) is 4.19. The molecule has 0 bridgehead atoms. The van der Waals surface area contributed by atoms with Crippen molar-refractivity contribution in [2.24, 2.45) is 0 Å². The monoisotopic (exact) mass is 241 g/mol. The van der Waals surface area contributed by atoms with E-state index in [4.69, 9.17) is 5.11 Å². The number of aromatic nitrogens is 3. The van der Waals surface area contributed by atoms with Gasteiger partial charge in [0, 0.05) is 12.4 Å². The first kappa shape index (κ1) is 8.18. The lowest BCUT2D eigenvalue weighted by atomic mass is 10.5. The highest BCUT2D eigenvalue weighted by atomic mass is 79.9. The molecule has 5 nitrogen and oxygen atoms in total. The largest absolute Gasteiger partial charge is 0.476 e. The maximum atomic E-state index is 10.6. The molecule has 0 spiro atoms. The molecule has 0 aliphatic rings. The number of hydrogen-bond acceptors (Lipinski definition) is 3. The van der Waals surface area contributed by atoms with Gasteiger partial charge in [-0.1, -0.05) is 0 Å². The van der Waals surface area contributed by atoms with Crippen LogP contribution in [0.15, 0.2) is 23.2 Å². The number of carbonyl (C=O) groups is 1. The van der Waals surface area contributed by atoms with E-state index in [-0.39, 0.29) is 5.69 Å². The summed E-state index contributed by atoms with van der Waals surface area (Å²) in [5.74, 6) is -1.05. The quantitative estimate of drug-likeness (QED) is 0.815. The number of imidazole rings is 1. The maximum Gasteiger partial charge on any atom is 0.356 e. The van der Waals surface area contributed by atoms with E-state index < -0.39 is 5.97 Å². The van der Waals surface area contributed by atoms with Crippen molar-refractivity contribution < 1.29 is 9.90 Å². The molecular weight excluding hydrogens is 238 g/mol. The topological polar surface area (TPSA) is 67.5 Å². The Labute approximate surface area is 81.2 Å². The van der Waals surface area contributed by atoms with Crippen LogP contribution in [-0.4, -0.2) is 25.4 Å². The van der Waals surface area contributed by atoms with Crippen LogP contribution in [0, 0.1) is 0 Å². The van der Waals surface area contributed by atoms with Crippen molar-refractivity contribution in [3.8, 4) is 0 Å². The molecule has 2 rings (SSSR count). The molecule has 0 radical (unpaired) electrons. The Hall–Kier alpha value is -1.43. The molecule has 0 aliphatic carbocycles. The molecule has 1 N–H and O–H groups in total. The van der Waals surface area contributed by atoms with E-state index in [0.717, 1.165) is 0 Å². The van der Waals surface area contributed by atoms with E-state index >= 15 is 0 Å². The number of aromatic carboxylic acids is 1. The smallest absolute Gasteiger partial charge is 0.356 e. The fourth-order valence-corrected chi connectivity index (χ4v) is 1.40. The number of carboxylic acid groups (broad SMARTS) is 1. The molecule has 0 aromatic carbocycles. The van der Waals surface area contributed by atoms with Gasteiger partial charge in [-0.2, -0.15) is 0 Å². The van der Waals surface area contributed by atoms with Crippen LogP contribution in [0.1, 0.15) is 10.5 Å². The van der Waals surface area contributed by atoms with Crippen LogP contribution >= 0.6 is 15.9 Å². The van der Waals surface area contributed by atoms with Gasteiger partial charge >= 0.3 is 5.97 Å². The maximum absolute atomic E-state index is 10.6. The number of hydrogen-bond donors (Lipinski definition) is 1. The molecule has 0 saturated carbocycles. The van der Waals surface area contributed by atoms with Crippen LogP contribution in [0.4, 0.5) is 0 Å². The fourth-order valence-electron chi connectivity index (χ4n) is 0.990. The number of nitrogens with zero attached hydrogens (tertiary/aromatic N) is 3. The van der Waals surface area contributed by atoms with Gasteiger partial charge in [0.15, 0.2) is 11.3 Å². The van der Waals surface area contributed by atoms with Crippen molar-refractivity contribution >= 4 is 27.5 Å². The van der Waals surface area contributed by atoms with E-state index in [9.17, 15) is 4.79 Å². The Morgan fingerprint density at radius 1 is 1.62 bits per heavy atom. The first-order valence-electron chi connectivity index (χ1n) is 3.40. The summed E-state index contributed by atoms with van der Waals surface area (Å²) in [6.45, 7) is 0. The predicted octanol–water partition coefficient (Wildman–Crippen LogP) is 1.19. The fraction of sp³-hybridized carbons (Fsp3) is 0. The molecule has 0 unspecified atom stereocenters. The molecule has 0 atom stereocenters. The third-order valence-corrected chi connectivity index (χ3v) is 2.10. The lowest BCUT2D eigenvalue weighted by Crippen LogP contribution is -1.94. The average Bonchev–Trinajstić information content (AvgIpc) is 2.49. The Bertz CT molecular complexity index is 480. The van der Waals surface area contributed by atoms with E-state index in [1.807, 2.05) is 0 Å². The lowest BCUT2D eigenvalue weighted by molar-refractivity contribution is 0.0691. The number of carboxylic acids is 1. The highest BCUT2D eigenvalue weighted by molar-refractivity contribution is 9.10. The highest BCUT2D eigenvalue weighted by Crippen LogP contribution is 2.15. The molecule has 0 saturated heterocycles. The van der Waals surface area contributed by atoms with Gasteiger partial charge in [-0.3, -0.25) is 4.40 Å². The third kappa shape index (κ3) is 1.29. The van der Waals surface area contributed by atoms with Crippen molar-refractivity contribution in [3.63, 3.8) is 0 Å². The number of rotatable bonds is 1. The Balaban J connectivity index is 2.75. The van der Waals surface area contributed by atoms with Gasteiger partial charge in [0.25, 0.3) is 0 Å². The van der Waals surface area contributed by atoms with E-state index in [0.29, 0.717) is 10.1 Å². The average molecular weight is 242 g/mol. The molecule has 0 amide bonds. The second-order valence-corrected chi connectivity index (χ2v) is 3.26. The molecule has 13 heavy (non-hydrogen) atoms. The summed E-state index contributed by atoms with van der Waals surface area (Å²) < 4.78 is 2.22. The normalized spacial score (nSPS) is 10.5. The van der Waals surface area contributed by atoms with Crippen LogP contribution in [-0.2, 0) is 0 Å². The molecule has 6 heteroatoms. The third-order valence-electron chi connectivity index (χ3n) is 1.54. The molecule has 2 aromatic heterocycles. The molecule has 2 aromatic rings. The minimum Gasteiger partial charge on any atom is -0.476 e. The van der Waals surface area contributed by atoms with Gasteiger partial charge < -0.3 is 5.11 Å². The second kappa shape index (κ2) is 2.81. The van der Waals surface area contributed by atoms with Gasteiger partial charge in [0.1, 0.15) is 6.33 Å². The Morgan fingerprint density at radius 2 is 2.38 bits per heavy atom. The Morgan fingerprint density at radius 3 is 3.00 bits per heavy atom. The first-order chi connectivity index (χ1) is 6.18. The van der Waals surface area contributed by atoms with Crippen molar-refractivity contribution in [1.82, 2.24) is 14.4 Å². The van der Waals surface area contributed by atoms with Crippen LogP contribution < -0.4 is 0 Å². The van der Waals surface area contributed by atoms with Crippen LogP contribution in [0.3, 0.4) is 0 Å². The summed E-state index contributed by atoms with van der Waals surface area (Å²) in [5.41, 5.74) is 0.557. The van der Waals surface area contributed by atoms with Crippen molar-refractivity contribution in [3.05, 3.63) is 28.9 Å². The summed E-state index contributed by atoms with van der Waals surface area (Å²) in [6.07, 6.45) is 4.48. The summed E-state index contributed by atoms with van der Waals surface area (Å²) in [6, 6.07) is 0. The van der Waals surface area contributed by atoms with E-state index in [1.165, 1.54) is 12.5 Å². The number of fused-ring (bicyclic) bond motifs is 1.